The number of carbonyl (C=O) groups is 2. The van der Waals surface area contributed by atoms with Crippen molar-refractivity contribution >= 4 is 23.0 Å². The van der Waals surface area contributed by atoms with Crippen LogP contribution in [0, 0.1) is 19.8 Å². The van der Waals surface area contributed by atoms with Crippen LogP contribution in [0.5, 0.6) is 0 Å². The molecule has 4 atom stereocenters. The fourth-order valence-corrected chi connectivity index (χ4v) is 5.72. The number of β-amino-alcohol motifs (C(OH)–C–C–N with tert-alkyl or cyclic N) is 1. The number of carbonyl (C=O) groups excluding carboxylic acids is 2. The average Bonchev–Trinajstić information content (AvgIpc) is 3.53. The van der Waals surface area contributed by atoms with Gasteiger partial charge in [-0.3, -0.25) is 9.59 Å². The fourth-order valence-electron chi connectivity index (χ4n) is 4.90. The number of ketones is 1. The largest absolute Gasteiger partial charge is 0.391 e. The van der Waals surface area contributed by atoms with Gasteiger partial charge in [0.2, 0.25) is 5.91 Å². The monoisotopic (exact) mass is 495 g/mol. The molecule has 0 spiro atoms. The van der Waals surface area contributed by atoms with Crippen molar-refractivity contribution in [3.8, 4) is 10.4 Å². The van der Waals surface area contributed by atoms with Gasteiger partial charge in [0.1, 0.15) is 11.7 Å². The lowest BCUT2D eigenvalue weighted by Crippen LogP contribution is -2.44. The highest BCUT2D eigenvalue weighted by atomic mass is 32.1. The molecule has 4 rings (SSSR count). The van der Waals surface area contributed by atoms with E-state index in [2.05, 4.69) is 34.4 Å². The Morgan fingerprint density at radius 3 is 2.49 bits per heavy atom. The number of aliphatic hydroxyl groups excluding tert-OH is 1. The Kier molecular flexibility index (Phi) is 7.52. The topological polar surface area (TPSA) is 96.5 Å². The molecule has 7 nitrogen and oxygen atoms in total. The Hall–Kier alpha value is -2.84. The Bertz CT molecular complexity index is 1180. The fraction of sp³-hybridized carbons (Fsp3) is 0.481. The van der Waals surface area contributed by atoms with E-state index in [1.54, 1.807) is 22.3 Å². The lowest BCUT2D eigenvalue weighted by atomic mass is 9.89. The smallest absolute Gasteiger partial charge is 0.234 e. The van der Waals surface area contributed by atoms with E-state index < -0.39 is 18.1 Å². The first-order valence-corrected chi connectivity index (χ1v) is 13.0. The Balaban J connectivity index is 1.47. The van der Waals surface area contributed by atoms with Gasteiger partial charge >= 0.3 is 0 Å². The maximum absolute atomic E-state index is 13.6. The van der Waals surface area contributed by atoms with E-state index >= 15 is 0 Å². The van der Waals surface area contributed by atoms with E-state index in [0.717, 1.165) is 21.7 Å². The molecular weight excluding hydrogens is 462 g/mol. The minimum atomic E-state index is -0.714. The molecule has 1 aromatic carbocycles. The van der Waals surface area contributed by atoms with Crippen molar-refractivity contribution in [2.24, 2.45) is 5.92 Å². The Morgan fingerprint density at radius 2 is 1.91 bits per heavy atom. The van der Waals surface area contributed by atoms with Crippen molar-refractivity contribution < 1.29 is 19.2 Å². The number of benzene rings is 1. The van der Waals surface area contributed by atoms with Gasteiger partial charge in [-0.25, -0.2) is 4.98 Å². The predicted molar refractivity (Wildman–Crippen MR) is 135 cm³/mol. The van der Waals surface area contributed by atoms with Gasteiger partial charge in [0, 0.05) is 25.5 Å². The van der Waals surface area contributed by atoms with Gasteiger partial charge in [0.05, 0.1) is 33.9 Å². The number of aryl methyl sites for hydroxylation is 2. The van der Waals surface area contributed by atoms with Crippen molar-refractivity contribution in [1.82, 2.24) is 15.0 Å². The van der Waals surface area contributed by atoms with E-state index in [4.69, 9.17) is 4.52 Å². The summed E-state index contributed by atoms with van der Waals surface area (Å²) < 4.78 is 5.41. The van der Waals surface area contributed by atoms with Crippen LogP contribution in [0.1, 0.15) is 68.2 Å². The van der Waals surface area contributed by atoms with Crippen molar-refractivity contribution in [3.63, 3.8) is 0 Å². The highest BCUT2D eigenvalue weighted by Crippen LogP contribution is 2.33. The molecular formula is C27H33N3O4S. The molecule has 1 fully saturated rings. The molecule has 35 heavy (non-hydrogen) atoms. The molecule has 3 heterocycles. The molecule has 3 aromatic rings. The van der Waals surface area contributed by atoms with Crippen molar-refractivity contribution in [1.29, 1.82) is 0 Å². The van der Waals surface area contributed by atoms with Gasteiger partial charge < -0.3 is 14.5 Å². The van der Waals surface area contributed by atoms with Crippen LogP contribution in [0.2, 0.25) is 0 Å². The van der Waals surface area contributed by atoms with Crippen LogP contribution in [0.3, 0.4) is 0 Å². The standard InChI is InChI=1S/C27H33N3O4S/c1-15(2)25(24-11-17(4)29-34-24)27(33)30-13-21(31)12-22(30)23(32)10-16(3)19-6-8-20(9-7-19)26-18(5)28-14-35-26/h6-9,11,14-16,21-22,25,31H,10,12-13H2,1-5H3/t16-,21-,22+,25?/m1/s1. The summed E-state index contributed by atoms with van der Waals surface area (Å²) in [5.41, 5.74) is 5.74. The van der Waals surface area contributed by atoms with Gasteiger partial charge in [0.15, 0.2) is 5.78 Å². The molecule has 1 aliphatic rings. The first kappa shape index (κ1) is 25.3. The highest BCUT2D eigenvalue weighted by molar-refractivity contribution is 7.13. The number of hydrogen-bond acceptors (Lipinski definition) is 7. The van der Waals surface area contributed by atoms with Crippen LogP contribution in [-0.4, -0.2) is 50.5 Å². The molecule has 1 aliphatic heterocycles. The molecule has 0 saturated carbocycles. The number of aliphatic hydroxyl groups is 1. The van der Waals surface area contributed by atoms with Crippen LogP contribution in [-0.2, 0) is 9.59 Å². The lowest BCUT2D eigenvalue weighted by Gasteiger charge is -2.29. The van der Waals surface area contributed by atoms with Crippen LogP contribution in [0.15, 0.2) is 40.4 Å². The molecule has 0 aliphatic carbocycles. The second-order valence-corrected chi connectivity index (χ2v) is 10.8. The minimum Gasteiger partial charge on any atom is -0.391 e. The summed E-state index contributed by atoms with van der Waals surface area (Å²) >= 11 is 1.61. The third kappa shape index (κ3) is 5.38. The van der Waals surface area contributed by atoms with Crippen molar-refractivity contribution in [2.45, 2.75) is 71.4 Å². The summed E-state index contributed by atoms with van der Waals surface area (Å²) in [5.74, 6) is -0.310. The zero-order valence-corrected chi connectivity index (χ0v) is 21.7. The predicted octanol–water partition coefficient (Wildman–Crippen LogP) is 4.88. The number of amides is 1. The van der Waals surface area contributed by atoms with E-state index in [1.807, 2.05) is 40.1 Å². The lowest BCUT2D eigenvalue weighted by molar-refractivity contribution is -0.140. The summed E-state index contributed by atoms with van der Waals surface area (Å²) in [6.07, 6.45) is -0.149. The molecule has 1 N–H and O–H groups in total. The first-order chi connectivity index (χ1) is 16.7. The van der Waals surface area contributed by atoms with Crippen LogP contribution < -0.4 is 0 Å². The molecule has 1 amide bonds. The first-order valence-electron chi connectivity index (χ1n) is 12.1. The van der Waals surface area contributed by atoms with Gasteiger partial charge in [-0.1, -0.05) is 50.2 Å². The van der Waals surface area contributed by atoms with Crippen LogP contribution in [0.25, 0.3) is 10.4 Å². The van der Waals surface area contributed by atoms with Gasteiger partial charge in [-0.2, -0.15) is 0 Å². The molecule has 1 saturated heterocycles. The number of nitrogens with zero attached hydrogens (tertiary/aromatic N) is 3. The number of hydrogen-bond donors (Lipinski definition) is 1. The quantitative estimate of drug-likeness (QED) is 0.478. The molecule has 0 bridgehead atoms. The van der Waals surface area contributed by atoms with E-state index in [0.29, 0.717) is 17.9 Å². The number of likely N-dealkylation sites (tertiary alicyclic amines) is 1. The highest BCUT2D eigenvalue weighted by Gasteiger charge is 2.43. The SMILES string of the molecule is Cc1cc(C(C(=O)N2C[C@H](O)C[C@H]2C(=O)C[C@@H](C)c2ccc(-c3scnc3C)cc2)C(C)C)on1. The minimum absolute atomic E-state index is 0.00776. The average molecular weight is 496 g/mol. The van der Waals surface area contributed by atoms with E-state index in [-0.39, 0.29) is 36.5 Å². The second-order valence-electron chi connectivity index (χ2n) is 9.95. The summed E-state index contributed by atoms with van der Waals surface area (Å²) in [5, 5.41) is 14.3. The third-order valence-electron chi connectivity index (χ3n) is 6.81. The molecule has 8 heteroatoms. The number of thiazole rings is 1. The number of rotatable bonds is 8. The Labute approximate surface area is 210 Å². The molecule has 1 unspecified atom stereocenters. The van der Waals surface area contributed by atoms with Crippen molar-refractivity contribution in [3.05, 3.63) is 58.6 Å². The van der Waals surface area contributed by atoms with E-state index in [1.165, 1.54) is 0 Å². The van der Waals surface area contributed by atoms with Crippen molar-refractivity contribution in [2.75, 3.05) is 6.54 Å². The van der Waals surface area contributed by atoms with Gasteiger partial charge in [-0.05, 0) is 36.8 Å². The maximum Gasteiger partial charge on any atom is 0.234 e. The Morgan fingerprint density at radius 1 is 1.20 bits per heavy atom. The zero-order chi connectivity index (χ0) is 25.3. The summed E-state index contributed by atoms with van der Waals surface area (Å²) in [6.45, 7) is 9.89. The number of aromatic nitrogens is 2. The molecule has 0 radical (unpaired) electrons. The summed E-state index contributed by atoms with van der Waals surface area (Å²) in [6, 6.07) is 9.38. The van der Waals surface area contributed by atoms with Crippen LogP contribution in [0.4, 0.5) is 0 Å². The summed E-state index contributed by atoms with van der Waals surface area (Å²) in [4.78, 5) is 34.0. The molecule has 2 aromatic heterocycles. The number of Topliss-reactive ketones (excluding diaryl/α,β-unsaturated/α-hetero) is 1. The normalized spacial score (nSPS) is 19.8. The van der Waals surface area contributed by atoms with Gasteiger partial charge in [-0.15, -0.1) is 11.3 Å². The second kappa shape index (κ2) is 10.4. The van der Waals surface area contributed by atoms with Crippen LogP contribution >= 0.6 is 11.3 Å². The zero-order valence-electron chi connectivity index (χ0n) is 20.9. The van der Waals surface area contributed by atoms with E-state index in [9.17, 15) is 14.7 Å². The molecule has 186 valence electrons. The maximum atomic E-state index is 13.6. The summed E-state index contributed by atoms with van der Waals surface area (Å²) in [7, 11) is 0. The van der Waals surface area contributed by atoms with Gasteiger partial charge in [0.25, 0.3) is 0 Å². The third-order valence-corrected chi connectivity index (χ3v) is 7.79.